The Kier molecular flexibility index (Phi) is 6.08. The first-order chi connectivity index (χ1) is 14.0. The van der Waals surface area contributed by atoms with Crippen molar-refractivity contribution in [2.24, 2.45) is 11.8 Å². The number of H-pyrrole nitrogens is 1. The number of aromatic nitrogens is 2. The lowest BCUT2D eigenvalue weighted by atomic mass is 10.1. The van der Waals surface area contributed by atoms with Crippen molar-refractivity contribution in [3.8, 4) is 0 Å². The van der Waals surface area contributed by atoms with Crippen LogP contribution in [0.5, 0.6) is 0 Å². The molecule has 0 spiro atoms. The van der Waals surface area contributed by atoms with Crippen molar-refractivity contribution in [3.63, 3.8) is 0 Å². The van der Waals surface area contributed by atoms with Gasteiger partial charge in [0.2, 0.25) is 5.91 Å². The minimum atomic E-state index is -0.687. The second kappa shape index (κ2) is 8.13. The third-order valence-corrected chi connectivity index (χ3v) is 7.08. The Morgan fingerprint density at radius 3 is 2.53 bits per heavy atom. The van der Waals surface area contributed by atoms with E-state index in [1.54, 1.807) is 16.7 Å². The number of hydrogen-bond donors (Lipinski definition) is 2. The van der Waals surface area contributed by atoms with E-state index in [-0.39, 0.29) is 41.7 Å². The van der Waals surface area contributed by atoms with Crippen LogP contribution in [0.15, 0.2) is 9.59 Å². The molecule has 3 N–H and O–H groups in total. The highest BCUT2D eigenvalue weighted by Crippen LogP contribution is 2.47. The van der Waals surface area contributed by atoms with Gasteiger partial charge in [-0.15, -0.1) is 11.8 Å². The maximum atomic E-state index is 13.7. The van der Waals surface area contributed by atoms with Crippen LogP contribution < -0.4 is 21.9 Å². The van der Waals surface area contributed by atoms with Crippen molar-refractivity contribution >= 4 is 35.1 Å². The van der Waals surface area contributed by atoms with Gasteiger partial charge in [0.05, 0.1) is 4.87 Å². The number of amides is 2. The first-order valence-corrected chi connectivity index (χ1v) is 11.3. The lowest BCUT2D eigenvalue weighted by Crippen LogP contribution is -2.53. The molecule has 2 amide bonds. The molecule has 2 unspecified atom stereocenters. The molecule has 0 aromatic carbocycles. The minimum Gasteiger partial charge on any atom is -0.383 e. The number of nitrogens with one attached hydrogen (secondary N) is 1. The Balaban J connectivity index is 2.08. The van der Waals surface area contributed by atoms with E-state index in [9.17, 15) is 19.2 Å². The first-order valence-electron chi connectivity index (χ1n) is 10.4. The number of nitrogens with two attached hydrogens (primary N) is 1. The van der Waals surface area contributed by atoms with Crippen LogP contribution in [0.4, 0.5) is 11.5 Å². The van der Waals surface area contributed by atoms with Gasteiger partial charge >= 0.3 is 5.69 Å². The quantitative estimate of drug-likeness (QED) is 0.690. The zero-order valence-corrected chi connectivity index (χ0v) is 19.0. The predicted octanol–water partition coefficient (Wildman–Crippen LogP) is 1.22. The Labute approximate surface area is 180 Å². The second-order valence-corrected chi connectivity index (χ2v) is 10.6. The first kappa shape index (κ1) is 22.5. The molecule has 0 saturated carbocycles. The largest absolute Gasteiger partial charge is 0.383 e. The Morgan fingerprint density at radius 1 is 1.27 bits per heavy atom. The van der Waals surface area contributed by atoms with Crippen molar-refractivity contribution in [3.05, 3.63) is 20.8 Å². The average Bonchev–Trinajstić information content (AvgIpc) is 3.12. The normalized spacial score (nSPS) is 23.5. The topological polar surface area (TPSA) is 121 Å². The van der Waals surface area contributed by atoms with E-state index < -0.39 is 22.2 Å². The van der Waals surface area contributed by atoms with Crippen LogP contribution in [0.3, 0.4) is 0 Å². The van der Waals surface area contributed by atoms with Crippen molar-refractivity contribution in [2.45, 2.75) is 64.9 Å². The number of hydrogen-bond acceptors (Lipinski definition) is 6. The number of aromatic amines is 1. The smallest absolute Gasteiger partial charge is 0.330 e. The summed E-state index contributed by atoms with van der Waals surface area (Å²) < 4.78 is 1.30. The molecule has 166 valence electrons. The summed E-state index contributed by atoms with van der Waals surface area (Å²) in [5, 5.41) is 0. The molecule has 3 heterocycles. The molecule has 2 atom stereocenters. The molecule has 2 saturated heterocycles. The summed E-state index contributed by atoms with van der Waals surface area (Å²) in [4.78, 5) is 56.2. The zero-order chi connectivity index (χ0) is 22.4. The van der Waals surface area contributed by atoms with Gasteiger partial charge < -0.3 is 15.5 Å². The maximum Gasteiger partial charge on any atom is 0.330 e. The molecule has 0 aliphatic carbocycles. The van der Waals surface area contributed by atoms with E-state index in [2.05, 4.69) is 4.98 Å². The molecular formula is C20H31N5O4S. The van der Waals surface area contributed by atoms with Crippen LogP contribution in [-0.4, -0.2) is 49.5 Å². The van der Waals surface area contributed by atoms with Crippen molar-refractivity contribution < 1.29 is 9.59 Å². The number of carbonyl (C=O) groups is 2. The fourth-order valence-corrected chi connectivity index (χ4v) is 5.65. The third kappa shape index (κ3) is 3.89. The summed E-state index contributed by atoms with van der Waals surface area (Å²) in [6.07, 6.45) is 1.12. The van der Waals surface area contributed by atoms with Gasteiger partial charge in [0.15, 0.2) is 5.69 Å². The van der Waals surface area contributed by atoms with E-state index in [0.29, 0.717) is 25.1 Å². The summed E-state index contributed by atoms with van der Waals surface area (Å²) in [6, 6.07) is -0.655. The molecular weight excluding hydrogens is 406 g/mol. The Hall–Kier alpha value is -2.23. The van der Waals surface area contributed by atoms with E-state index >= 15 is 0 Å². The van der Waals surface area contributed by atoms with Crippen LogP contribution in [0.1, 0.15) is 47.5 Å². The molecule has 2 aliphatic rings. The van der Waals surface area contributed by atoms with E-state index in [4.69, 9.17) is 5.73 Å². The summed E-state index contributed by atoms with van der Waals surface area (Å²) in [5.74, 6) is 0.242. The van der Waals surface area contributed by atoms with Crippen LogP contribution >= 0.6 is 11.8 Å². The third-order valence-electron chi connectivity index (χ3n) is 5.58. The van der Waals surface area contributed by atoms with Crippen molar-refractivity contribution in [1.82, 2.24) is 14.5 Å². The molecule has 0 radical (unpaired) electrons. The molecule has 2 aliphatic heterocycles. The molecule has 10 heteroatoms. The van der Waals surface area contributed by atoms with Crippen LogP contribution in [0.25, 0.3) is 0 Å². The lowest BCUT2D eigenvalue weighted by molar-refractivity contribution is -0.136. The van der Waals surface area contributed by atoms with Gasteiger partial charge in [0.25, 0.3) is 11.5 Å². The van der Waals surface area contributed by atoms with Gasteiger partial charge in [0, 0.05) is 25.3 Å². The fourth-order valence-electron chi connectivity index (χ4n) is 4.22. The highest BCUT2D eigenvalue weighted by molar-refractivity contribution is 8.01. The number of fused-ring (bicyclic) bond motifs is 1. The number of rotatable bonds is 6. The maximum absolute atomic E-state index is 13.7. The zero-order valence-electron chi connectivity index (χ0n) is 18.2. The number of carbonyl (C=O) groups excluding carboxylic acids is 2. The Morgan fingerprint density at radius 2 is 1.93 bits per heavy atom. The molecule has 3 rings (SSSR count). The number of nitrogens with zero attached hydrogens (tertiary/aromatic N) is 3. The standard InChI is InChI=1S/C20H31N5O4S/c1-11(2)8-23(15-16(21)24(9-12(3)4)19(29)22-17(15)27)18(28)13-10-30-20(5)7-6-14(26)25(13)20/h11-13H,6-10,21H2,1-5H3,(H,22,27,29). The molecule has 30 heavy (non-hydrogen) atoms. The molecule has 1 aromatic heterocycles. The van der Waals surface area contributed by atoms with Gasteiger partial charge in [0.1, 0.15) is 11.9 Å². The van der Waals surface area contributed by atoms with Gasteiger partial charge in [-0.05, 0) is 25.2 Å². The average molecular weight is 438 g/mol. The van der Waals surface area contributed by atoms with E-state index in [1.165, 1.54) is 9.47 Å². The fraction of sp³-hybridized carbons (Fsp3) is 0.700. The van der Waals surface area contributed by atoms with Crippen molar-refractivity contribution in [2.75, 3.05) is 22.9 Å². The lowest BCUT2D eigenvalue weighted by Gasteiger charge is -2.34. The summed E-state index contributed by atoms with van der Waals surface area (Å²) in [6.45, 7) is 10.3. The predicted molar refractivity (Wildman–Crippen MR) is 118 cm³/mol. The highest BCUT2D eigenvalue weighted by atomic mass is 32.2. The minimum absolute atomic E-state index is 0.0146. The highest BCUT2D eigenvalue weighted by Gasteiger charge is 2.54. The molecule has 0 bridgehead atoms. The van der Waals surface area contributed by atoms with E-state index in [1.807, 2.05) is 34.6 Å². The van der Waals surface area contributed by atoms with Gasteiger partial charge in [-0.3, -0.25) is 23.9 Å². The summed E-state index contributed by atoms with van der Waals surface area (Å²) in [7, 11) is 0. The second-order valence-electron chi connectivity index (χ2n) is 9.11. The number of thioether (sulfide) groups is 1. The molecule has 9 nitrogen and oxygen atoms in total. The van der Waals surface area contributed by atoms with Crippen molar-refractivity contribution in [1.29, 1.82) is 0 Å². The van der Waals surface area contributed by atoms with Gasteiger partial charge in [-0.2, -0.15) is 0 Å². The van der Waals surface area contributed by atoms with Gasteiger partial charge in [-0.1, -0.05) is 27.7 Å². The molecule has 2 fully saturated rings. The summed E-state index contributed by atoms with van der Waals surface area (Å²) >= 11 is 1.59. The van der Waals surface area contributed by atoms with Crippen LogP contribution in [0, 0.1) is 11.8 Å². The van der Waals surface area contributed by atoms with Gasteiger partial charge in [-0.25, -0.2) is 4.79 Å². The Bertz CT molecular complexity index is 969. The summed E-state index contributed by atoms with van der Waals surface area (Å²) in [5.41, 5.74) is 4.98. The number of anilines is 2. The SMILES string of the molecule is CC(C)CN(C(=O)C1CSC2(C)CCC(=O)N12)c1c(N)n(CC(C)C)c(=O)[nH]c1=O. The van der Waals surface area contributed by atoms with Crippen LogP contribution in [-0.2, 0) is 16.1 Å². The van der Waals surface area contributed by atoms with Crippen LogP contribution in [0.2, 0.25) is 0 Å². The molecule has 1 aromatic rings. The number of nitrogen functional groups attached to an aromatic ring is 1. The van der Waals surface area contributed by atoms with E-state index in [0.717, 1.165) is 0 Å². The monoisotopic (exact) mass is 437 g/mol.